The van der Waals surface area contributed by atoms with E-state index in [9.17, 15) is 29.1 Å². The molecule has 7 atom stereocenters. The van der Waals surface area contributed by atoms with Crippen LogP contribution in [0.5, 0.6) is 0 Å². The quantitative estimate of drug-likeness (QED) is 0.0336. The molecule has 0 fully saturated rings. The Hall–Kier alpha value is -3.86. The second kappa shape index (κ2) is 19.4. The largest absolute Gasteiger partial charge is 0.480 e. The van der Waals surface area contributed by atoms with Gasteiger partial charge in [0, 0.05) is 30.6 Å². The molecule has 0 radical (unpaired) electrons. The molecule has 0 aliphatic heterocycles. The van der Waals surface area contributed by atoms with Crippen LogP contribution in [0.1, 0.15) is 59.1 Å². The standard InChI is InChI=1S/C27H48N10O6S/c1-5-14(3)20(28)24(40)35-18(10-16-11-31-13-33-16)23(39)34-17(8-7-9-32-27(29)30)22(38)37-21(15(4)6-2)25(41)36-19(12-44)26(42)43/h11,13-15,17-21,44H,5-10,12,28H2,1-4H3,(H,31,33)(H,34,39)(H,35,40)(H,36,41)(H,37,38)(H,42,43)(H4,29,30,32). The van der Waals surface area contributed by atoms with Gasteiger partial charge in [-0.15, -0.1) is 0 Å². The van der Waals surface area contributed by atoms with Crippen LogP contribution in [0.15, 0.2) is 17.5 Å². The van der Waals surface area contributed by atoms with E-state index in [1.165, 1.54) is 12.5 Å². The highest BCUT2D eigenvalue weighted by molar-refractivity contribution is 7.80. The van der Waals surface area contributed by atoms with Crippen molar-refractivity contribution >= 4 is 48.2 Å². The Bertz CT molecular complexity index is 1110. The molecule has 1 rings (SSSR count). The zero-order valence-corrected chi connectivity index (χ0v) is 26.6. The second-order valence-corrected chi connectivity index (χ2v) is 11.1. The number of aliphatic imine (C=N–C) groups is 1. The molecule has 0 aromatic carbocycles. The molecule has 0 spiro atoms. The molecule has 44 heavy (non-hydrogen) atoms. The van der Waals surface area contributed by atoms with E-state index < -0.39 is 59.8 Å². The molecule has 7 unspecified atom stereocenters. The van der Waals surface area contributed by atoms with Crippen LogP contribution < -0.4 is 38.5 Å². The Morgan fingerprint density at radius 3 is 2.05 bits per heavy atom. The summed E-state index contributed by atoms with van der Waals surface area (Å²) in [5, 5.41) is 19.8. The number of nitrogens with two attached hydrogens (primary N) is 3. The summed E-state index contributed by atoms with van der Waals surface area (Å²) in [5.74, 6) is -4.70. The lowest BCUT2D eigenvalue weighted by Gasteiger charge is -2.28. The summed E-state index contributed by atoms with van der Waals surface area (Å²) >= 11 is 3.98. The number of amides is 4. The summed E-state index contributed by atoms with van der Waals surface area (Å²) in [4.78, 5) is 75.4. The van der Waals surface area contributed by atoms with Crippen LogP contribution in [-0.4, -0.2) is 93.1 Å². The average Bonchev–Trinajstić information content (AvgIpc) is 3.50. The maximum Gasteiger partial charge on any atom is 0.327 e. The Kier molecular flexibility index (Phi) is 16.8. The number of aromatic amines is 1. The van der Waals surface area contributed by atoms with E-state index in [4.69, 9.17) is 17.2 Å². The van der Waals surface area contributed by atoms with Gasteiger partial charge in [0.25, 0.3) is 0 Å². The fourth-order valence-electron chi connectivity index (χ4n) is 4.05. The van der Waals surface area contributed by atoms with E-state index in [1.807, 2.05) is 20.8 Å². The third kappa shape index (κ3) is 12.8. The molecule has 0 bridgehead atoms. The van der Waals surface area contributed by atoms with Crippen LogP contribution >= 0.6 is 12.6 Å². The third-order valence-corrected chi connectivity index (χ3v) is 7.71. The first-order chi connectivity index (χ1) is 20.7. The summed E-state index contributed by atoms with van der Waals surface area (Å²) in [6.45, 7) is 7.42. The number of carboxylic acids is 1. The molecule has 0 aliphatic rings. The van der Waals surface area contributed by atoms with Gasteiger partial charge in [-0.25, -0.2) is 9.78 Å². The number of nitrogens with zero attached hydrogens (tertiary/aromatic N) is 2. The van der Waals surface area contributed by atoms with Crippen molar-refractivity contribution in [2.24, 2.45) is 34.0 Å². The van der Waals surface area contributed by atoms with Crippen LogP contribution in [0.3, 0.4) is 0 Å². The van der Waals surface area contributed by atoms with Crippen LogP contribution in [0, 0.1) is 11.8 Å². The number of rotatable bonds is 20. The molecule has 12 N–H and O–H groups in total. The van der Waals surface area contributed by atoms with Gasteiger partial charge in [0.15, 0.2) is 5.96 Å². The van der Waals surface area contributed by atoms with Gasteiger partial charge in [0.05, 0.1) is 12.4 Å². The second-order valence-electron chi connectivity index (χ2n) is 10.7. The van der Waals surface area contributed by atoms with E-state index >= 15 is 0 Å². The fourth-order valence-corrected chi connectivity index (χ4v) is 4.30. The Morgan fingerprint density at radius 2 is 1.52 bits per heavy atom. The third-order valence-electron chi connectivity index (χ3n) is 7.34. The number of H-pyrrole nitrogens is 1. The van der Waals surface area contributed by atoms with Crippen molar-refractivity contribution in [2.75, 3.05) is 12.3 Å². The monoisotopic (exact) mass is 640 g/mol. The van der Waals surface area contributed by atoms with Crippen molar-refractivity contribution in [1.82, 2.24) is 31.2 Å². The number of imidazole rings is 1. The lowest BCUT2D eigenvalue weighted by atomic mass is 9.97. The lowest BCUT2D eigenvalue weighted by Crippen LogP contribution is -2.60. The molecule has 0 saturated heterocycles. The Balaban J connectivity index is 3.27. The highest BCUT2D eigenvalue weighted by Gasteiger charge is 2.34. The van der Waals surface area contributed by atoms with Crippen LogP contribution in [0.2, 0.25) is 0 Å². The minimum absolute atomic E-state index is 0.0331. The number of aromatic nitrogens is 2. The molecule has 0 saturated carbocycles. The zero-order chi connectivity index (χ0) is 33.4. The van der Waals surface area contributed by atoms with Gasteiger partial charge in [-0.1, -0.05) is 40.5 Å². The fraction of sp³-hybridized carbons (Fsp3) is 0.667. The molecule has 4 amide bonds. The minimum Gasteiger partial charge on any atom is -0.480 e. The highest BCUT2D eigenvalue weighted by Crippen LogP contribution is 2.11. The molecule has 0 aliphatic carbocycles. The maximum absolute atomic E-state index is 13.6. The van der Waals surface area contributed by atoms with Gasteiger partial charge in [0.1, 0.15) is 24.2 Å². The van der Waals surface area contributed by atoms with Crippen LogP contribution in [-0.2, 0) is 30.4 Å². The first-order valence-electron chi connectivity index (χ1n) is 14.6. The van der Waals surface area contributed by atoms with Crippen molar-refractivity contribution in [3.8, 4) is 0 Å². The first-order valence-corrected chi connectivity index (χ1v) is 15.2. The molecule has 17 heteroatoms. The number of carbonyl (C=O) groups is 5. The summed E-state index contributed by atoms with van der Waals surface area (Å²) in [6.07, 6.45) is 4.46. The average molecular weight is 641 g/mol. The van der Waals surface area contributed by atoms with Gasteiger partial charge in [-0.2, -0.15) is 12.6 Å². The highest BCUT2D eigenvalue weighted by atomic mass is 32.1. The molecular formula is C27H48N10O6S. The number of nitrogens with one attached hydrogen (secondary N) is 5. The predicted molar refractivity (Wildman–Crippen MR) is 168 cm³/mol. The summed E-state index contributed by atoms with van der Waals surface area (Å²) in [6, 6.07) is -5.53. The molecular weight excluding hydrogens is 592 g/mol. The van der Waals surface area contributed by atoms with Gasteiger partial charge >= 0.3 is 5.97 Å². The number of guanidine groups is 1. The lowest BCUT2D eigenvalue weighted by molar-refractivity contribution is -0.142. The number of hydrogen-bond donors (Lipinski definition) is 10. The van der Waals surface area contributed by atoms with Crippen molar-refractivity contribution in [3.63, 3.8) is 0 Å². The number of carboxylic acid groups (broad SMARTS) is 1. The number of aliphatic carboxylic acids is 1. The normalized spacial score (nSPS) is 15.8. The first kappa shape index (κ1) is 38.2. The molecule has 248 valence electrons. The Morgan fingerprint density at radius 1 is 0.932 bits per heavy atom. The maximum atomic E-state index is 13.6. The number of carbonyl (C=O) groups excluding carboxylic acids is 4. The van der Waals surface area contributed by atoms with Crippen LogP contribution in [0.25, 0.3) is 0 Å². The van der Waals surface area contributed by atoms with E-state index in [1.54, 1.807) is 6.92 Å². The van der Waals surface area contributed by atoms with Crippen molar-refractivity contribution < 1.29 is 29.1 Å². The van der Waals surface area contributed by atoms with E-state index in [-0.39, 0.29) is 49.4 Å². The Labute approximate surface area is 262 Å². The molecule has 1 aromatic rings. The summed E-state index contributed by atoms with van der Waals surface area (Å²) < 4.78 is 0. The SMILES string of the molecule is CCC(C)C(N)C(=O)NC(Cc1cnc[nH]1)C(=O)NC(CCCN=C(N)N)C(=O)NC(C(=O)NC(CS)C(=O)O)C(C)CC. The molecule has 1 heterocycles. The van der Waals surface area contributed by atoms with Gasteiger partial charge in [-0.3, -0.25) is 24.2 Å². The molecule has 16 nitrogen and oxygen atoms in total. The van der Waals surface area contributed by atoms with E-state index in [0.717, 1.165) is 0 Å². The topological polar surface area (TPSA) is 273 Å². The van der Waals surface area contributed by atoms with E-state index in [0.29, 0.717) is 18.5 Å². The van der Waals surface area contributed by atoms with Gasteiger partial charge in [0.2, 0.25) is 23.6 Å². The van der Waals surface area contributed by atoms with Crippen molar-refractivity contribution in [2.45, 2.75) is 90.0 Å². The van der Waals surface area contributed by atoms with Crippen molar-refractivity contribution in [3.05, 3.63) is 18.2 Å². The van der Waals surface area contributed by atoms with Gasteiger partial charge < -0.3 is 48.6 Å². The number of thiol groups is 1. The summed E-state index contributed by atoms with van der Waals surface area (Å²) in [7, 11) is 0. The van der Waals surface area contributed by atoms with Gasteiger partial charge in [-0.05, 0) is 24.7 Å². The smallest absolute Gasteiger partial charge is 0.327 e. The predicted octanol–water partition coefficient (Wildman–Crippen LogP) is -1.62. The zero-order valence-electron chi connectivity index (χ0n) is 25.7. The summed E-state index contributed by atoms with van der Waals surface area (Å²) in [5.41, 5.74) is 17.5. The van der Waals surface area contributed by atoms with Crippen molar-refractivity contribution in [1.29, 1.82) is 0 Å². The number of hydrogen-bond acceptors (Lipinski definition) is 9. The minimum atomic E-state index is -1.27. The van der Waals surface area contributed by atoms with Crippen LogP contribution in [0.4, 0.5) is 0 Å². The van der Waals surface area contributed by atoms with E-state index in [2.05, 4.69) is 48.9 Å². The molecule has 1 aromatic heterocycles.